The second kappa shape index (κ2) is 8.46. The number of carbonyl (C=O) groups excluding carboxylic acids is 2. The summed E-state index contributed by atoms with van der Waals surface area (Å²) in [6.45, 7) is 0.857. The summed E-state index contributed by atoms with van der Waals surface area (Å²) in [5.74, 6) is -0.903. The average molecular weight is 204 g/mol. The van der Waals surface area contributed by atoms with Crippen LogP contribution >= 0.6 is 0 Å². The topological polar surface area (TPSA) is 90.7 Å². The van der Waals surface area contributed by atoms with Crippen molar-refractivity contribution >= 4 is 11.9 Å². The van der Waals surface area contributed by atoms with Crippen LogP contribution in [0.25, 0.3) is 0 Å². The summed E-state index contributed by atoms with van der Waals surface area (Å²) in [6, 6.07) is 0. The maximum absolute atomic E-state index is 10.9. The quantitative estimate of drug-likeness (QED) is 0.376. The number of rotatable bonds is 8. The fourth-order valence-electron chi connectivity index (χ4n) is 0.728. The van der Waals surface area contributed by atoms with Crippen LogP contribution in [0.4, 0.5) is 0 Å². The molecule has 6 nitrogen and oxygen atoms in total. The van der Waals surface area contributed by atoms with E-state index in [-0.39, 0.29) is 13.1 Å². The Kier molecular flexibility index (Phi) is 7.77. The summed E-state index contributed by atoms with van der Waals surface area (Å²) < 4.78 is 9.56. The van der Waals surface area contributed by atoms with Gasteiger partial charge in [-0.05, 0) is 0 Å². The predicted molar refractivity (Wildman–Crippen MR) is 49.5 cm³/mol. The van der Waals surface area contributed by atoms with Crippen molar-refractivity contribution in [3.8, 4) is 0 Å². The molecule has 0 fully saturated rings. The lowest BCUT2D eigenvalue weighted by Gasteiger charge is -2.04. The monoisotopic (exact) mass is 204 g/mol. The molecule has 0 aromatic rings. The molecule has 82 valence electrons. The van der Waals surface area contributed by atoms with Crippen molar-refractivity contribution in [3.63, 3.8) is 0 Å². The largest absolute Gasteiger partial charge is 0.465 e. The minimum absolute atomic E-state index is 0.00405. The minimum Gasteiger partial charge on any atom is -0.465 e. The van der Waals surface area contributed by atoms with Gasteiger partial charge in [-0.15, -0.1) is 0 Å². The van der Waals surface area contributed by atoms with Crippen molar-refractivity contribution in [2.45, 2.75) is 6.42 Å². The Bertz CT molecular complexity index is 184. The number of ether oxygens (including phenoxy) is 2. The molecule has 0 rings (SSSR count). The third kappa shape index (κ3) is 8.95. The van der Waals surface area contributed by atoms with Crippen molar-refractivity contribution < 1.29 is 19.1 Å². The first-order valence-electron chi connectivity index (χ1n) is 4.30. The molecule has 0 unspecified atom stereocenters. The number of nitrogens with two attached hydrogens (primary N) is 1. The number of nitrogens with one attached hydrogen (secondary N) is 1. The van der Waals surface area contributed by atoms with Crippen LogP contribution in [-0.2, 0) is 19.1 Å². The first-order chi connectivity index (χ1) is 6.66. The van der Waals surface area contributed by atoms with E-state index in [2.05, 4.69) is 5.32 Å². The van der Waals surface area contributed by atoms with Gasteiger partial charge in [0, 0.05) is 20.1 Å². The second-order valence-electron chi connectivity index (χ2n) is 2.64. The standard InChI is InChI=1S/C8H16N2O4/c1-13-3-2-4-14-8(12)6-10-5-7(9)11/h10H,2-6H2,1H3,(H2,9,11). The minimum atomic E-state index is -0.503. The lowest BCUT2D eigenvalue weighted by Crippen LogP contribution is -2.33. The Balaban J connectivity index is 3.24. The van der Waals surface area contributed by atoms with Gasteiger partial charge >= 0.3 is 5.97 Å². The van der Waals surface area contributed by atoms with Gasteiger partial charge in [0.1, 0.15) is 0 Å². The number of hydrogen-bond donors (Lipinski definition) is 2. The molecule has 0 bridgehead atoms. The van der Waals surface area contributed by atoms with E-state index in [4.69, 9.17) is 15.2 Å². The summed E-state index contributed by atoms with van der Waals surface area (Å²) in [7, 11) is 1.58. The van der Waals surface area contributed by atoms with Crippen LogP contribution in [0, 0.1) is 0 Å². The van der Waals surface area contributed by atoms with Crippen LogP contribution in [0.15, 0.2) is 0 Å². The molecule has 0 aliphatic rings. The lowest BCUT2D eigenvalue weighted by molar-refractivity contribution is -0.142. The zero-order valence-electron chi connectivity index (χ0n) is 8.25. The molecule has 0 aromatic carbocycles. The third-order valence-electron chi connectivity index (χ3n) is 1.32. The van der Waals surface area contributed by atoms with Crippen LogP contribution < -0.4 is 11.1 Å². The zero-order chi connectivity index (χ0) is 10.8. The molecule has 1 amide bonds. The molecule has 0 spiro atoms. The molecule has 6 heteroatoms. The maximum atomic E-state index is 10.9. The molecule has 0 saturated carbocycles. The van der Waals surface area contributed by atoms with E-state index in [0.717, 1.165) is 0 Å². The molecule has 0 saturated heterocycles. The second-order valence-corrected chi connectivity index (χ2v) is 2.64. The van der Waals surface area contributed by atoms with Gasteiger partial charge in [-0.2, -0.15) is 0 Å². The van der Waals surface area contributed by atoms with Crippen molar-refractivity contribution in [1.82, 2.24) is 5.32 Å². The molecular formula is C8H16N2O4. The Morgan fingerprint density at radius 2 is 2.00 bits per heavy atom. The van der Waals surface area contributed by atoms with Crippen LogP contribution in [0.5, 0.6) is 0 Å². The Morgan fingerprint density at radius 1 is 1.29 bits per heavy atom. The van der Waals surface area contributed by atoms with E-state index in [9.17, 15) is 9.59 Å². The summed E-state index contributed by atoms with van der Waals surface area (Å²) in [6.07, 6.45) is 0.665. The van der Waals surface area contributed by atoms with Crippen LogP contribution in [0.2, 0.25) is 0 Å². The smallest absolute Gasteiger partial charge is 0.319 e. The van der Waals surface area contributed by atoms with Crippen LogP contribution in [-0.4, -0.2) is 45.3 Å². The number of primary amides is 1. The zero-order valence-corrected chi connectivity index (χ0v) is 8.25. The van der Waals surface area contributed by atoms with Gasteiger partial charge in [-0.3, -0.25) is 14.9 Å². The number of esters is 1. The summed E-state index contributed by atoms with van der Waals surface area (Å²) in [5.41, 5.74) is 4.85. The fourth-order valence-corrected chi connectivity index (χ4v) is 0.728. The third-order valence-corrected chi connectivity index (χ3v) is 1.32. The number of hydrogen-bond acceptors (Lipinski definition) is 5. The van der Waals surface area contributed by atoms with Crippen molar-refractivity contribution in [3.05, 3.63) is 0 Å². The fraction of sp³-hybridized carbons (Fsp3) is 0.750. The van der Waals surface area contributed by atoms with Gasteiger partial charge in [0.25, 0.3) is 0 Å². The first kappa shape index (κ1) is 12.9. The normalized spacial score (nSPS) is 9.79. The number of methoxy groups -OCH3 is 1. The van der Waals surface area contributed by atoms with Gasteiger partial charge in [0.05, 0.1) is 19.7 Å². The molecule has 3 N–H and O–H groups in total. The highest BCUT2D eigenvalue weighted by atomic mass is 16.5. The summed E-state index contributed by atoms with van der Waals surface area (Å²) in [5, 5.41) is 2.55. The molecule has 0 radical (unpaired) electrons. The Hall–Kier alpha value is -1.14. The van der Waals surface area contributed by atoms with Crippen LogP contribution in [0.3, 0.4) is 0 Å². The molecule has 0 aliphatic heterocycles. The van der Waals surface area contributed by atoms with E-state index in [0.29, 0.717) is 19.6 Å². The average Bonchev–Trinajstić information content (AvgIpc) is 2.12. The predicted octanol–water partition coefficient (Wildman–Crippen LogP) is -1.36. The van der Waals surface area contributed by atoms with E-state index in [1.54, 1.807) is 7.11 Å². The molecule has 0 heterocycles. The van der Waals surface area contributed by atoms with Gasteiger partial charge in [0.2, 0.25) is 5.91 Å². The number of carbonyl (C=O) groups is 2. The SMILES string of the molecule is COCCCOC(=O)CNCC(N)=O. The summed E-state index contributed by atoms with van der Waals surface area (Å²) >= 11 is 0. The molecule has 0 aromatic heterocycles. The van der Waals surface area contributed by atoms with Gasteiger partial charge in [0.15, 0.2) is 0 Å². The van der Waals surface area contributed by atoms with Crippen molar-refractivity contribution in [2.75, 3.05) is 33.4 Å². The van der Waals surface area contributed by atoms with E-state index in [1.807, 2.05) is 0 Å². The maximum Gasteiger partial charge on any atom is 0.319 e. The van der Waals surface area contributed by atoms with Crippen LogP contribution in [0.1, 0.15) is 6.42 Å². The van der Waals surface area contributed by atoms with E-state index < -0.39 is 11.9 Å². The van der Waals surface area contributed by atoms with Crippen molar-refractivity contribution in [1.29, 1.82) is 0 Å². The van der Waals surface area contributed by atoms with E-state index >= 15 is 0 Å². The van der Waals surface area contributed by atoms with E-state index in [1.165, 1.54) is 0 Å². The van der Waals surface area contributed by atoms with Gasteiger partial charge in [-0.25, -0.2) is 0 Å². The first-order valence-corrected chi connectivity index (χ1v) is 4.30. The highest BCUT2D eigenvalue weighted by molar-refractivity contribution is 5.77. The molecule has 0 atom stereocenters. The molecular weight excluding hydrogens is 188 g/mol. The highest BCUT2D eigenvalue weighted by Gasteiger charge is 2.02. The highest BCUT2D eigenvalue weighted by Crippen LogP contribution is 1.84. The Morgan fingerprint density at radius 3 is 2.57 bits per heavy atom. The lowest BCUT2D eigenvalue weighted by atomic mass is 10.5. The number of amides is 1. The van der Waals surface area contributed by atoms with Gasteiger partial charge in [-0.1, -0.05) is 0 Å². The molecule has 14 heavy (non-hydrogen) atoms. The Labute approximate surface area is 82.7 Å². The van der Waals surface area contributed by atoms with Gasteiger partial charge < -0.3 is 15.2 Å². The summed E-state index contributed by atoms with van der Waals surface area (Å²) in [4.78, 5) is 21.2. The van der Waals surface area contributed by atoms with Crippen molar-refractivity contribution in [2.24, 2.45) is 5.73 Å². The molecule has 0 aliphatic carbocycles.